The molecule has 2 aromatic rings. The van der Waals surface area contributed by atoms with Crippen LogP contribution in [0.1, 0.15) is 6.42 Å². The number of hydrogen-bond donors (Lipinski definition) is 0. The Morgan fingerprint density at radius 3 is 2.94 bits per heavy atom. The molecular weight excluding hydrogens is 294 g/mol. The maximum absolute atomic E-state index is 12.0. The Balaban J connectivity index is 2.07. The number of rotatable bonds is 2. The van der Waals surface area contributed by atoms with Crippen molar-refractivity contribution >= 4 is 38.6 Å². The molecular formula is C13H12BrN3O. The SMILES string of the molecule is O=C1CC(CBr)CN1c1ncnc2ccccc12. The molecule has 0 N–H and O–H groups in total. The zero-order valence-electron chi connectivity index (χ0n) is 9.71. The normalized spacial score (nSPS) is 19.7. The summed E-state index contributed by atoms with van der Waals surface area (Å²) in [6.45, 7) is 0.727. The first-order valence-electron chi connectivity index (χ1n) is 5.85. The third-order valence-corrected chi connectivity index (χ3v) is 4.12. The van der Waals surface area contributed by atoms with Gasteiger partial charge in [-0.15, -0.1) is 0 Å². The van der Waals surface area contributed by atoms with Crippen LogP contribution in [0.5, 0.6) is 0 Å². The number of benzene rings is 1. The minimum Gasteiger partial charge on any atom is -0.296 e. The molecule has 1 aliphatic heterocycles. The highest BCUT2D eigenvalue weighted by molar-refractivity contribution is 9.09. The average molecular weight is 306 g/mol. The molecule has 3 rings (SSSR count). The largest absolute Gasteiger partial charge is 0.296 e. The van der Waals surface area contributed by atoms with Gasteiger partial charge in [-0.3, -0.25) is 9.69 Å². The fourth-order valence-corrected chi connectivity index (χ4v) is 2.73. The van der Waals surface area contributed by atoms with Crippen LogP contribution in [0.4, 0.5) is 5.82 Å². The molecule has 1 aromatic carbocycles. The van der Waals surface area contributed by atoms with E-state index in [-0.39, 0.29) is 5.91 Å². The fraction of sp³-hybridized carbons (Fsp3) is 0.308. The second-order valence-corrected chi connectivity index (χ2v) is 5.09. The molecule has 1 aliphatic rings. The number of carbonyl (C=O) groups is 1. The second-order valence-electron chi connectivity index (χ2n) is 4.44. The van der Waals surface area contributed by atoms with Crippen LogP contribution in [0, 0.1) is 5.92 Å². The predicted molar refractivity (Wildman–Crippen MR) is 73.8 cm³/mol. The summed E-state index contributed by atoms with van der Waals surface area (Å²) in [5.41, 5.74) is 0.873. The van der Waals surface area contributed by atoms with Crippen molar-refractivity contribution < 1.29 is 4.79 Å². The summed E-state index contributed by atoms with van der Waals surface area (Å²) in [5, 5.41) is 1.78. The first-order valence-corrected chi connectivity index (χ1v) is 6.98. The van der Waals surface area contributed by atoms with Gasteiger partial charge in [0.25, 0.3) is 0 Å². The molecule has 0 spiro atoms. The number of aromatic nitrogens is 2. The lowest BCUT2D eigenvalue weighted by atomic mass is 10.2. The standard InChI is InChI=1S/C13H12BrN3O/c14-6-9-5-12(18)17(7-9)13-10-3-1-2-4-11(10)15-8-16-13/h1-4,8-9H,5-7H2. The molecule has 1 fully saturated rings. The van der Waals surface area contributed by atoms with Gasteiger partial charge in [-0.2, -0.15) is 0 Å². The summed E-state index contributed by atoms with van der Waals surface area (Å²) in [5.74, 6) is 1.24. The zero-order valence-corrected chi connectivity index (χ0v) is 11.3. The Hall–Kier alpha value is -1.49. The highest BCUT2D eigenvalue weighted by Crippen LogP contribution is 2.29. The van der Waals surface area contributed by atoms with E-state index in [1.807, 2.05) is 24.3 Å². The smallest absolute Gasteiger partial charge is 0.228 e. The molecule has 1 atom stereocenters. The third-order valence-electron chi connectivity index (χ3n) is 3.20. The van der Waals surface area contributed by atoms with Crippen LogP contribution < -0.4 is 4.90 Å². The quantitative estimate of drug-likeness (QED) is 0.800. The van der Waals surface area contributed by atoms with Gasteiger partial charge in [0.05, 0.1) is 5.52 Å². The van der Waals surface area contributed by atoms with Crippen LogP contribution in [0.25, 0.3) is 10.9 Å². The van der Waals surface area contributed by atoms with Crippen molar-refractivity contribution in [2.24, 2.45) is 5.92 Å². The van der Waals surface area contributed by atoms with Crippen molar-refractivity contribution in [3.05, 3.63) is 30.6 Å². The van der Waals surface area contributed by atoms with Crippen LogP contribution >= 0.6 is 15.9 Å². The van der Waals surface area contributed by atoms with Gasteiger partial charge >= 0.3 is 0 Å². The van der Waals surface area contributed by atoms with Crippen LogP contribution in [-0.2, 0) is 4.79 Å². The number of amides is 1. The van der Waals surface area contributed by atoms with Crippen molar-refractivity contribution in [3.63, 3.8) is 0 Å². The van der Waals surface area contributed by atoms with Crippen molar-refractivity contribution in [2.45, 2.75) is 6.42 Å². The van der Waals surface area contributed by atoms with Gasteiger partial charge in [0.15, 0.2) is 0 Å². The Morgan fingerprint density at radius 2 is 2.17 bits per heavy atom. The summed E-state index contributed by atoms with van der Waals surface area (Å²) in [7, 11) is 0. The average Bonchev–Trinajstić information content (AvgIpc) is 2.79. The first kappa shape index (κ1) is 11.6. The van der Waals surface area contributed by atoms with E-state index in [1.165, 1.54) is 6.33 Å². The van der Waals surface area contributed by atoms with Crippen LogP contribution in [0.3, 0.4) is 0 Å². The van der Waals surface area contributed by atoms with Gasteiger partial charge in [-0.1, -0.05) is 28.1 Å². The minimum absolute atomic E-state index is 0.142. The summed E-state index contributed by atoms with van der Waals surface area (Å²) < 4.78 is 0. The Morgan fingerprint density at radius 1 is 1.33 bits per heavy atom. The Labute approximate surface area is 113 Å². The maximum atomic E-state index is 12.0. The summed E-state index contributed by atoms with van der Waals surface area (Å²) in [4.78, 5) is 22.3. The van der Waals surface area contributed by atoms with E-state index in [0.717, 1.165) is 28.6 Å². The van der Waals surface area contributed by atoms with E-state index in [0.29, 0.717) is 12.3 Å². The number of halogens is 1. The molecule has 18 heavy (non-hydrogen) atoms. The molecule has 1 aromatic heterocycles. The number of nitrogens with zero attached hydrogens (tertiary/aromatic N) is 3. The summed E-state index contributed by atoms with van der Waals surface area (Å²) >= 11 is 3.44. The first-order chi connectivity index (χ1) is 8.79. The van der Waals surface area contributed by atoms with E-state index >= 15 is 0 Å². The Kier molecular flexibility index (Phi) is 2.99. The zero-order chi connectivity index (χ0) is 12.5. The molecule has 0 bridgehead atoms. The highest BCUT2D eigenvalue weighted by atomic mass is 79.9. The van der Waals surface area contributed by atoms with E-state index in [4.69, 9.17) is 0 Å². The molecule has 1 saturated heterocycles. The van der Waals surface area contributed by atoms with E-state index in [9.17, 15) is 4.79 Å². The maximum Gasteiger partial charge on any atom is 0.228 e. The molecule has 0 aliphatic carbocycles. The molecule has 92 valence electrons. The number of fused-ring (bicyclic) bond motifs is 1. The topological polar surface area (TPSA) is 46.1 Å². The number of anilines is 1. The lowest BCUT2D eigenvalue weighted by Gasteiger charge is -2.16. The number of carbonyl (C=O) groups excluding carboxylic acids is 1. The molecule has 2 heterocycles. The predicted octanol–water partition coefficient (Wildman–Crippen LogP) is 2.38. The summed E-state index contributed by atoms with van der Waals surface area (Å²) in [6, 6.07) is 7.77. The number of alkyl halides is 1. The molecule has 4 nitrogen and oxygen atoms in total. The molecule has 0 saturated carbocycles. The number of hydrogen-bond acceptors (Lipinski definition) is 3. The number of para-hydroxylation sites is 1. The van der Waals surface area contributed by atoms with Crippen LogP contribution in [0.15, 0.2) is 30.6 Å². The van der Waals surface area contributed by atoms with Crippen LogP contribution in [0.2, 0.25) is 0 Å². The molecule has 0 radical (unpaired) electrons. The third kappa shape index (κ3) is 1.88. The second kappa shape index (κ2) is 4.65. The summed E-state index contributed by atoms with van der Waals surface area (Å²) in [6.07, 6.45) is 2.11. The lowest BCUT2D eigenvalue weighted by Crippen LogP contribution is -2.26. The Bertz CT molecular complexity index is 596. The molecule has 5 heteroatoms. The monoisotopic (exact) mass is 305 g/mol. The minimum atomic E-state index is 0.142. The van der Waals surface area contributed by atoms with E-state index in [2.05, 4.69) is 25.9 Å². The van der Waals surface area contributed by atoms with Gasteiger partial charge in [0.1, 0.15) is 12.1 Å². The van der Waals surface area contributed by atoms with Gasteiger partial charge in [0, 0.05) is 23.7 Å². The van der Waals surface area contributed by atoms with Crippen molar-refractivity contribution in [1.29, 1.82) is 0 Å². The van der Waals surface area contributed by atoms with E-state index < -0.39 is 0 Å². The van der Waals surface area contributed by atoms with E-state index in [1.54, 1.807) is 4.90 Å². The molecule has 1 unspecified atom stereocenters. The fourth-order valence-electron chi connectivity index (χ4n) is 2.30. The van der Waals surface area contributed by atoms with Crippen molar-refractivity contribution in [2.75, 3.05) is 16.8 Å². The van der Waals surface area contributed by atoms with Crippen molar-refractivity contribution in [1.82, 2.24) is 9.97 Å². The van der Waals surface area contributed by atoms with Gasteiger partial charge < -0.3 is 0 Å². The lowest BCUT2D eigenvalue weighted by molar-refractivity contribution is -0.117. The van der Waals surface area contributed by atoms with Crippen molar-refractivity contribution in [3.8, 4) is 0 Å². The van der Waals surface area contributed by atoms with Gasteiger partial charge in [0.2, 0.25) is 5.91 Å². The van der Waals surface area contributed by atoms with Gasteiger partial charge in [-0.25, -0.2) is 9.97 Å². The van der Waals surface area contributed by atoms with Gasteiger partial charge in [-0.05, 0) is 18.1 Å². The molecule has 1 amide bonds. The highest BCUT2D eigenvalue weighted by Gasteiger charge is 2.31. The van der Waals surface area contributed by atoms with Crippen LogP contribution in [-0.4, -0.2) is 27.7 Å².